The maximum atomic E-state index is 6.16. The number of nitrogen functional groups attached to an aromatic ring is 1. The van der Waals surface area contributed by atoms with Crippen LogP contribution in [-0.2, 0) is 0 Å². The fourth-order valence-corrected chi connectivity index (χ4v) is 2.01. The minimum Gasteiger partial charge on any atom is -0.393 e. The number of hydrogen-bond donors (Lipinski definition) is 3. The number of benzene rings is 1. The molecule has 2 heterocycles. The predicted molar refractivity (Wildman–Crippen MR) is 88.4 cm³/mol. The Morgan fingerprint density at radius 2 is 1.59 bits per heavy atom. The van der Waals surface area contributed by atoms with Gasteiger partial charge in [0, 0.05) is 23.8 Å². The normalized spacial score (nSPS) is 10.2. The average Bonchev–Trinajstić information content (AvgIpc) is 2.54. The van der Waals surface area contributed by atoms with E-state index in [1.54, 1.807) is 12.4 Å². The van der Waals surface area contributed by atoms with Gasteiger partial charge in [-0.15, -0.1) is 0 Å². The van der Waals surface area contributed by atoms with Gasteiger partial charge in [-0.2, -0.15) is 0 Å². The summed E-state index contributed by atoms with van der Waals surface area (Å²) in [5, 5.41) is 6.40. The summed E-state index contributed by atoms with van der Waals surface area (Å²) in [6.07, 6.45) is 4.87. The van der Waals surface area contributed by atoms with Crippen LogP contribution in [0.15, 0.2) is 55.1 Å². The van der Waals surface area contributed by atoms with Gasteiger partial charge in [0.15, 0.2) is 11.6 Å². The first-order valence-corrected chi connectivity index (χ1v) is 6.84. The monoisotopic (exact) mass is 292 g/mol. The second-order valence-electron chi connectivity index (χ2n) is 4.79. The number of aryl methyl sites for hydroxylation is 1. The number of nitrogens with two attached hydrogens (primary N) is 1. The van der Waals surface area contributed by atoms with Crippen LogP contribution in [0, 0.1) is 6.92 Å². The van der Waals surface area contributed by atoms with Crippen molar-refractivity contribution >= 4 is 28.7 Å². The number of nitrogens with one attached hydrogen (secondary N) is 2. The molecule has 0 spiro atoms. The van der Waals surface area contributed by atoms with Gasteiger partial charge in [0.1, 0.15) is 12.0 Å². The zero-order valence-corrected chi connectivity index (χ0v) is 12.1. The molecule has 4 N–H and O–H groups in total. The first-order chi connectivity index (χ1) is 10.7. The molecule has 0 saturated carbocycles. The third-order valence-corrected chi connectivity index (χ3v) is 3.23. The van der Waals surface area contributed by atoms with Crippen LogP contribution in [-0.4, -0.2) is 15.0 Å². The van der Waals surface area contributed by atoms with E-state index in [0.717, 1.165) is 16.9 Å². The molecule has 0 amide bonds. The quantitative estimate of drug-likeness (QED) is 0.684. The molecule has 0 aliphatic carbocycles. The van der Waals surface area contributed by atoms with Crippen LogP contribution < -0.4 is 16.4 Å². The highest BCUT2D eigenvalue weighted by atomic mass is 15.1. The fraction of sp³-hybridized carbons (Fsp3) is 0.0625. The second-order valence-corrected chi connectivity index (χ2v) is 4.79. The Labute approximate surface area is 128 Å². The number of nitrogens with zero attached hydrogens (tertiary/aromatic N) is 3. The van der Waals surface area contributed by atoms with Crippen LogP contribution in [0.5, 0.6) is 0 Å². The Morgan fingerprint density at radius 3 is 2.32 bits per heavy atom. The molecule has 0 atom stereocenters. The lowest BCUT2D eigenvalue weighted by atomic mass is 10.2. The Balaban J connectivity index is 1.88. The van der Waals surface area contributed by atoms with Gasteiger partial charge in [-0.1, -0.05) is 18.2 Å². The standard InChI is InChI=1S/C16H16N6/c1-11-4-2-3-5-13(11)22-16-14(17)15(19-10-20-16)21-12-6-8-18-9-7-12/h2-10H,17H2,1H3,(H2,18,19,20,21,22). The van der Waals surface area contributed by atoms with E-state index in [0.29, 0.717) is 17.3 Å². The Kier molecular flexibility index (Phi) is 3.82. The molecule has 0 aliphatic rings. The summed E-state index contributed by atoms with van der Waals surface area (Å²) in [5.74, 6) is 1.12. The second kappa shape index (κ2) is 6.09. The molecule has 0 radical (unpaired) electrons. The highest BCUT2D eigenvalue weighted by molar-refractivity contribution is 5.80. The van der Waals surface area contributed by atoms with Gasteiger partial charge >= 0.3 is 0 Å². The maximum absolute atomic E-state index is 6.16. The minimum absolute atomic E-state index is 0.461. The van der Waals surface area contributed by atoms with E-state index in [1.807, 2.05) is 43.3 Å². The first-order valence-electron chi connectivity index (χ1n) is 6.84. The van der Waals surface area contributed by atoms with Gasteiger partial charge in [0.2, 0.25) is 0 Å². The summed E-state index contributed by atoms with van der Waals surface area (Å²) < 4.78 is 0. The molecule has 1 aromatic carbocycles. The van der Waals surface area contributed by atoms with Gasteiger partial charge in [-0.3, -0.25) is 4.98 Å². The summed E-state index contributed by atoms with van der Waals surface area (Å²) in [7, 11) is 0. The van der Waals surface area contributed by atoms with Gasteiger partial charge < -0.3 is 16.4 Å². The number of aromatic nitrogens is 3. The Hall–Kier alpha value is -3.15. The van der Waals surface area contributed by atoms with Crippen LogP contribution in [0.2, 0.25) is 0 Å². The van der Waals surface area contributed by atoms with Crippen LogP contribution in [0.4, 0.5) is 28.7 Å². The van der Waals surface area contributed by atoms with Crippen LogP contribution in [0.3, 0.4) is 0 Å². The molecule has 110 valence electrons. The van der Waals surface area contributed by atoms with E-state index in [-0.39, 0.29) is 0 Å². The third kappa shape index (κ3) is 2.95. The molecular formula is C16H16N6. The molecule has 2 aromatic heterocycles. The summed E-state index contributed by atoms with van der Waals surface area (Å²) in [5.41, 5.74) is 9.56. The topological polar surface area (TPSA) is 88.8 Å². The van der Waals surface area contributed by atoms with E-state index in [1.165, 1.54) is 6.33 Å². The molecule has 3 rings (SSSR count). The average molecular weight is 292 g/mol. The van der Waals surface area contributed by atoms with Crippen LogP contribution in [0.25, 0.3) is 0 Å². The molecule has 6 heteroatoms. The van der Waals surface area contributed by atoms with Crippen molar-refractivity contribution in [3.8, 4) is 0 Å². The lowest BCUT2D eigenvalue weighted by Gasteiger charge is -2.13. The van der Waals surface area contributed by atoms with Crippen molar-refractivity contribution in [2.45, 2.75) is 6.92 Å². The Bertz CT molecular complexity index is 773. The van der Waals surface area contributed by atoms with Gasteiger partial charge in [0.05, 0.1) is 0 Å². The summed E-state index contributed by atoms with van der Waals surface area (Å²) in [6.45, 7) is 2.02. The van der Waals surface area contributed by atoms with Gasteiger partial charge in [-0.25, -0.2) is 9.97 Å². The van der Waals surface area contributed by atoms with E-state index in [2.05, 4.69) is 25.6 Å². The zero-order valence-electron chi connectivity index (χ0n) is 12.1. The molecule has 22 heavy (non-hydrogen) atoms. The van der Waals surface area contributed by atoms with Crippen LogP contribution >= 0.6 is 0 Å². The molecule has 6 nitrogen and oxygen atoms in total. The van der Waals surface area contributed by atoms with Crippen molar-refractivity contribution < 1.29 is 0 Å². The number of rotatable bonds is 4. The van der Waals surface area contributed by atoms with Crippen molar-refractivity contribution in [1.29, 1.82) is 0 Å². The highest BCUT2D eigenvalue weighted by Crippen LogP contribution is 2.28. The number of para-hydroxylation sites is 1. The fourth-order valence-electron chi connectivity index (χ4n) is 2.01. The molecule has 0 saturated heterocycles. The van der Waals surface area contributed by atoms with Crippen molar-refractivity contribution in [3.63, 3.8) is 0 Å². The Morgan fingerprint density at radius 1 is 0.909 bits per heavy atom. The van der Waals surface area contributed by atoms with E-state index in [9.17, 15) is 0 Å². The SMILES string of the molecule is Cc1ccccc1Nc1ncnc(Nc2ccncc2)c1N. The smallest absolute Gasteiger partial charge is 0.159 e. The predicted octanol–water partition coefficient (Wildman–Crippen LogP) is 3.25. The summed E-state index contributed by atoms with van der Waals surface area (Å²) >= 11 is 0. The van der Waals surface area contributed by atoms with Gasteiger partial charge in [-0.05, 0) is 30.7 Å². The largest absolute Gasteiger partial charge is 0.393 e. The number of anilines is 5. The number of pyridine rings is 1. The van der Waals surface area contributed by atoms with Gasteiger partial charge in [0.25, 0.3) is 0 Å². The van der Waals surface area contributed by atoms with Crippen molar-refractivity contribution in [1.82, 2.24) is 15.0 Å². The van der Waals surface area contributed by atoms with E-state index in [4.69, 9.17) is 5.73 Å². The van der Waals surface area contributed by atoms with E-state index >= 15 is 0 Å². The van der Waals surface area contributed by atoms with Crippen molar-refractivity contribution in [3.05, 3.63) is 60.7 Å². The zero-order chi connectivity index (χ0) is 15.4. The first kappa shape index (κ1) is 13.8. The molecular weight excluding hydrogens is 276 g/mol. The van der Waals surface area contributed by atoms with Crippen molar-refractivity contribution in [2.75, 3.05) is 16.4 Å². The summed E-state index contributed by atoms with van der Waals surface area (Å²) in [4.78, 5) is 12.4. The van der Waals surface area contributed by atoms with Crippen LogP contribution in [0.1, 0.15) is 5.56 Å². The molecule has 0 bridgehead atoms. The lowest BCUT2D eigenvalue weighted by Crippen LogP contribution is -2.05. The number of hydrogen-bond acceptors (Lipinski definition) is 6. The summed E-state index contributed by atoms with van der Waals surface area (Å²) in [6, 6.07) is 11.6. The molecule has 0 aliphatic heterocycles. The molecule has 0 fully saturated rings. The maximum Gasteiger partial charge on any atom is 0.159 e. The minimum atomic E-state index is 0.461. The van der Waals surface area contributed by atoms with E-state index < -0.39 is 0 Å². The van der Waals surface area contributed by atoms with Crippen molar-refractivity contribution in [2.24, 2.45) is 0 Å². The lowest BCUT2D eigenvalue weighted by molar-refractivity contribution is 1.17. The highest BCUT2D eigenvalue weighted by Gasteiger charge is 2.09. The molecule has 0 unspecified atom stereocenters. The molecule has 3 aromatic rings. The third-order valence-electron chi connectivity index (χ3n) is 3.23.